The highest BCUT2D eigenvalue weighted by atomic mass is 35.5. The Morgan fingerprint density at radius 1 is 1.35 bits per heavy atom. The maximum atomic E-state index is 11.9. The minimum absolute atomic E-state index is 0.0398. The number of allylic oxidation sites excluding steroid dienone is 2. The van der Waals surface area contributed by atoms with Crippen molar-refractivity contribution in [1.82, 2.24) is 4.90 Å². The van der Waals surface area contributed by atoms with Crippen molar-refractivity contribution in [3.05, 3.63) is 48.3 Å². The third kappa shape index (κ3) is 3.96. The molecule has 0 fully saturated rings. The average Bonchev–Trinajstić information content (AvgIpc) is 3.00. The number of furan rings is 1. The monoisotopic (exact) mass is 333 g/mol. The summed E-state index contributed by atoms with van der Waals surface area (Å²) in [6.45, 7) is 5.25. The SMILES string of the molecule is CCN(CC)C(=O)C=CC=C(Cl)c1cc2cccc(OC)c2o1. The van der Waals surface area contributed by atoms with E-state index in [1.54, 1.807) is 24.2 Å². The van der Waals surface area contributed by atoms with Crippen molar-refractivity contribution in [2.45, 2.75) is 13.8 Å². The number of methoxy groups -OCH3 is 1. The average molecular weight is 334 g/mol. The van der Waals surface area contributed by atoms with Gasteiger partial charge in [0.1, 0.15) is 5.76 Å². The lowest BCUT2D eigenvalue weighted by atomic mass is 10.2. The molecule has 0 aliphatic carbocycles. The Hall–Kier alpha value is -2.20. The van der Waals surface area contributed by atoms with E-state index in [2.05, 4.69) is 0 Å². The van der Waals surface area contributed by atoms with Crippen LogP contribution in [0.5, 0.6) is 5.75 Å². The van der Waals surface area contributed by atoms with Crippen molar-refractivity contribution in [1.29, 1.82) is 0 Å². The molecule has 2 rings (SSSR count). The van der Waals surface area contributed by atoms with Crippen LogP contribution in [0.25, 0.3) is 16.0 Å². The second-order valence-corrected chi connectivity index (χ2v) is 5.28. The van der Waals surface area contributed by atoms with Crippen LogP contribution in [0.3, 0.4) is 0 Å². The van der Waals surface area contributed by atoms with Crippen LogP contribution in [0.15, 0.2) is 46.9 Å². The lowest BCUT2D eigenvalue weighted by molar-refractivity contribution is -0.125. The van der Waals surface area contributed by atoms with Gasteiger partial charge in [-0.25, -0.2) is 0 Å². The zero-order valence-corrected chi connectivity index (χ0v) is 14.3. The van der Waals surface area contributed by atoms with Gasteiger partial charge in [-0.2, -0.15) is 0 Å². The maximum absolute atomic E-state index is 11.9. The molecule has 0 aliphatic heterocycles. The fraction of sp³-hybridized carbons (Fsp3) is 0.278. The van der Waals surface area contributed by atoms with Crippen molar-refractivity contribution >= 4 is 33.5 Å². The van der Waals surface area contributed by atoms with Crippen LogP contribution >= 0.6 is 11.6 Å². The summed E-state index contributed by atoms with van der Waals surface area (Å²) in [7, 11) is 1.59. The number of ether oxygens (including phenoxy) is 1. The summed E-state index contributed by atoms with van der Waals surface area (Å²) < 4.78 is 11.0. The van der Waals surface area contributed by atoms with Crippen molar-refractivity contribution in [3.63, 3.8) is 0 Å². The molecule has 0 radical (unpaired) electrons. The van der Waals surface area contributed by atoms with E-state index in [-0.39, 0.29) is 5.91 Å². The second-order valence-electron chi connectivity index (χ2n) is 4.87. The van der Waals surface area contributed by atoms with Crippen molar-refractivity contribution in [2.75, 3.05) is 20.2 Å². The zero-order valence-electron chi connectivity index (χ0n) is 13.5. The molecule has 0 saturated carbocycles. The van der Waals surface area contributed by atoms with E-state index in [0.29, 0.717) is 35.2 Å². The largest absolute Gasteiger partial charge is 0.493 e. The predicted molar refractivity (Wildman–Crippen MR) is 93.7 cm³/mol. The van der Waals surface area contributed by atoms with Crippen LogP contribution in [0.4, 0.5) is 0 Å². The molecule has 0 saturated heterocycles. The van der Waals surface area contributed by atoms with Crippen LogP contribution in [0.2, 0.25) is 0 Å². The predicted octanol–water partition coefficient (Wildman–Crippen LogP) is 4.45. The number of benzene rings is 1. The van der Waals surface area contributed by atoms with E-state index in [9.17, 15) is 4.79 Å². The molecule has 0 spiro atoms. The first-order valence-corrected chi connectivity index (χ1v) is 7.88. The van der Waals surface area contributed by atoms with E-state index in [4.69, 9.17) is 20.8 Å². The van der Waals surface area contributed by atoms with Crippen LogP contribution < -0.4 is 4.74 Å². The molecule has 0 atom stereocenters. The lowest BCUT2D eigenvalue weighted by Crippen LogP contribution is -2.28. The van der Waals surface area contributed by atoms with Gasteiger partial charge in [-0.05, 0) is 32.1 Å². The molecule has 2 aromatic rings. The Kier molecular flexibility index (Phi) is 5.88. The number of nitrogens with zero attached hydrogens (tertiary/aromatic N) is 1. The Labute approximate surface area is 141 Å². The van der Waals surface area contributed by atoms with Gasteiger partial charge in [0.15, 0.2) is 11.3 Å². The number of rotatable bonds is 6. The first kappa shape index (κ1) is 17.2. The molecule has 1 heterocycles. The van der Waals surface area contributed by atoms with Gasteiger partial charge in [-0.1, -0.05) is 29.8 Å². The third-order valence-corrected chi connectivity index (χ3v) is 3.83. The van der Waals surface area contributed by atoms with Crippen LogP contribution in [0, 0.1) is 0 Å². The highest BCUT2D eigenvalue weighted by molar-refractivity contribution is 6.48. The molecule has 0 N–H and O–H groups in total. The van der Waals surface area contributed by atoms with Gasteiger partial charge in [0, 0.05) is 24.6 Å². The summed E-state index contributed by atoms with van der Waals surface area (Å²) in [5, 5.41) is 1.33. The summed E-state index contributed by atoms with van der Waals surface area (Å²) in [6, 6.07) is 7.49. The number of hydrogen-bond donors (Lipinski definition) is 0. The first-order valence-electron chi connectivity index (χ1n) is 7.50. The molecule has 0 unspecified atom stereocenters. The van der Waals surface area contributed by atoms with Crippen LogP contribution in [-0.4, -0.2) is 31.0 Å². The highest BCUT2D eigenvalue weighted by Crippen LogP contribution is 2.32. The standard InChI is InChI=1S/C18H20ClNO3/c1-4-20(5-2)17(21)11-7-9-14(19)16-12-13-8-6-10-15(22-3)18(13)23-16/h6-12H,4-5H2,1-3H3. The molecule has 0 aliphatic rings. The van der Waals surface area contributed by atoms with Crippen LogP contribution in [-0.2, 0) is 4.79 Å². The highest BCUT2D eigenvalue weighted by Gasteiger charge is 2.10. The topological polar surface area (TPSA) is 42.7 Å². The number of halogens is 1. The van der Waals surface area contributed by atoms with Gasteiger partial charge >= 0.3 is 0 Å². The fourth-order valence-electron chi connectivity index (χ4n) is 2.25. The van der Waals surface area contributed by atoms with Gasteiger partial charge < -0.3 is 14.1 Å². The minimum atomic E-state index is -0.0398. The van der Waals surface area contributed by atoms with Gasteiger partial charge in [0.2, 0.25) is 5.91 Å². The molecule has 1 aromatic heterocycles. The second kappa shape index (κ2) is 7.88. The smallest absolute Gasteiger partial charge is 0.246 e. The maximum Gasteiger partial charge on any atom is 0.246 e. The van der Waals surface area contributed by atoms with Crippen molar-refractivity contribution in [3.8, 4) is 5.75 Å². The summed E-state index contributed by atoms with van der Waals surface area (Å²) in [4.78, 5) is 13.6. The first-order chi connectivity index (χ1) is 11.1. The molecular formula is C18H20ClNO3. The molecular weight excluding hydrogens is 314 g/mol. The van der Waals surface area contributed by atoms with E-state index < -0.39 is 0 Å². The minimum Gasteiger partial charge on any atom is -0.493 e. The molecule has 1 amide bonds. The summed E-state index contributed by atoms with van der Waals surface area (Å²) in [6.07, 6.45) is 4.78. The summed E-state index contributed by atoms with van der Waals surface area (Å²) >= 11 is 6.25. The van der Waals surface area contributed by atoms with E-state index in [1.807, 2.05) is 38.1 Å². The molecule has 23 heavy (non-hydrogen) atoms. The summed E-state index contributed by atoms with van der Waals surface area (Å²) in [5.74, 6) is 1.15. The third-order valence-electron chi connectivity index (χ3n) is 3.52. The van der Waals surface area contributed by atoms with Gasteiger partial charge in [-0.3, -0.25) is 4.79 Å². The molecule has 5 heteroatoms. The Bertz CT molecular complexity index is 742. The molecule has 122 valence electrons. The van der Waals surface area contributed by atoms with E-state index in [0.717, 1.165) is 5.39 Å². The van der Waals surface area contributed by atoms with Crippen LogP contribution in [0.1, 0.15) is 19.6 Å². The van der Waals surface area contributed by atoms with Crippen molar-refractivity contribution < 1.29 is 13.9 Å². The number of fused-ring (bicyclic) bond motifs is 1. The quantitative estimate of drug-likeness (QED) is 0.579. The summed E-state index contributed by atoms with van der Waals surface area (Å²) in [5.41, 5.74) is 0.653. The Morgan fingerprint density at radius 3 is 2.74 bits per heavy atom. The Morgan fingerprint density at radius 2 is 2.09 bits per heavy atom. The number of carbonyl (C=O) groups excluding carboxylic acids is 1. The molecule has 4 nitrogen and oxygen atoms in total. The van der Waals surface area contributed by atoms with Crippen molar-refractivity contribution in [2.24, 2.45) is 0 Å². The number of likely N-dealkylation sites (N-methyl/N-ethyl adjacent to an activating group) is 1. The lowest BCUT2D eigenvalue weighted by Gasteiger charge is -2.15. The number of hydrogen-bond acceptors (Lipinski definition) is 3. The van der Waals surface area contributed by atoms with E-state index >= 15 is 0 Å². The number of para-hydroxylation sites is 1. The van der Waals surface area contributed by atoms with Gasteiger partial charge in [0.25, 0.3) is 0 Å². The zero-order chi connectivity index (χ0) is 16.8. The Balaban J connectivity index is 2.20. The fourth-order valence-corrected chi connectivity index (χ4v) is 2.42. The van der Waals surface area contributed by atoms with E-state index in [1.165, 1.54) is 6.08 Å². The van der Waals surface area contributed by atoms with Gasteiger partial charge in [-0.15, -0.1) is 0 Å². The number of carbonyl (C=O) groups is 1. The molecule has 0 bridgehead atoms. The number of amides is 1. The molecule has 1 aromatic carbocycles. The van der Waals surface area contributed by atoms with Gasteiger partial charge in [0.05, 0.1) is 12.1 Å². The normalized spacial score (nSPS) is 12.1.